The largest absolute Gasteiger partial charge is 1.00 e. The average Bonchev–Trinajstić information content (AvgIpc) is 2.05. The first-order valence-corrected chi connectivity index (χ1v) is 4.10. The van der Waals surface area contributed by atoms with Crippen molar-refractivity contribution in [2.45, 2.75) is 11.3 Å². The van der Waals surface area contributed by atoms with Crippen molar-refractivity contribution in [2.75, 3.05) is 0 Å². The van der Waals surface area contributed by atoms with E-state index in [9.17, 15) is 0 Å². The molecule has 1 heterocycles. The van der Waals surface area contributed by atoms with Crippen LogP contribution in [0.1, 0.15) is 5.56 Å². The fourth-order valence-corrected chi connectivity index (χ4v) is 1.75. The SMILES string of the molecule is [C-]1=CCc2ccccc2S1.[Li+]. The maximum absolute atomic E-state index is 3.13. The third-order valence-corrected chi connectivity index (χ3v) is 2.45. The van der Waals surface area contributed by atoms with Gasteiger partial charge >= 0.3 is 18.9 Å². The summed E-state index contributed by atoms with van der Waals surface area (Å²) in [6.07, 6.45) is 3.12. The van der Waals surface area contributed by atoms with Gasteiger partial charge in [0, 0.05) is 0 Å². The molecule has 1 aliphatic rings. The van der Waals surface area contributed by atoms with Crippen LogP contribution in [0.2, 0.25) is 0 Å². The maximum Gasteiger partial charge on any atom is 1.00 e. The van der Waals surface area contributed by atoms with Gasteiger partial charge in [0.25, 0.3) is 0 Å². The zero-order valence-electron chi connectivity index (χ0n) is 6.50. The van der Waals surface area contributed by atoms with E-state index in [0.29, 0.717) is 0 Å². The minimum Gasteiger partial charge on any atom is -0.431 e. The average molecular weight is 154 g/mol. The number of hydrogen-bond donors (Lipinski definition) is 0. The van der Waals surface area contributed by atoms with Crippen LogP contribution in [-0.2, 0) is 6.42 Å². The van der Waals surface area contributed by atoms with Crippen LogP contribution in [0.25, 0.3) is 0 Å². The van der Waals surface area contributed by atoms with E-state index in [-0.39, 0.29) is 18.9 Å². The molecule has 0 aromatic heterocycles. The zero-order chi connectivity index (χ0) is 6.81. The minimum absolute atomic E-state index is 0. The topological polar surface area (TPSA) is 0 Å². The van der Waals surface area contributed by atoms with Crippen molar-refractivity contribution in [1.29, 1.82) is 0 Å². The first kappa shape index (κ1) is 9.00. The second kappa shape index (κ2) is 4.06. The first-order chi connectivity index (χ1) is 4.97. The Labute approximate surface area is 83.3 Å². The fourth-order valence-electron chi connectivity index (χ4n) is 1.03. The van der Waals surface area contributed by atoms with Crippen LogP contribution < -0.4 is 18.9 Å². The van der Waals surface area contributed by atoms with Gasteiger partial charge in [-0.15, -0.1) is 0 Å². The summed E-state index contributed by atoms with van der Waals surface area (Å²) >= 11 is 1.68. The Hall–Kier alpha value is -0.0926. The summed E-state index contributed by atoms with van der Waals surface area (Å²) in [7, 11) is 0. The molecule has 0 atom stereocenters. The molecule has 2 rings (SSSR count). The van der Waals surface area contributed by atoms with Crippen molar-refractivity contribution in [3.8, 4) is 0 Å². The Morgan fingerprint density at radius 1 is 1.27 bits per heavy atom. The van der Waals surface area contributed by atoms with Gasteiger partial charge in [0.1, 0.15) is 0 Å². The van der Waals surface area contributed by atoms with Crippen LogP contribution in [0, 0.1) is 5.41 Å². The summed E-state index contributed by atoms with van der Waals surface area (Å²) in [6, 6.07) is 8.46. The molecule has 2 heteroatoms. The summed E-state index contributed by atoms with van der Waals surface area (Å²) < 4.78 is 0. The zero-order valence-corrected chi connectivity index (χ0v) is 7.32. The third-order valence-electron chi connectivity index (χ3n) is 1.55. The van der Waals surface area contributed by atoms with Crippen LogP contribution in [0.4, 0.5) is 0 Å². The predicted molar refractivity (Wildman–Crippen MR) is 43.8 cm³/mol. The maximum atomic E-state index is 3.13. The summed E-state index contributed by atoms with van der Waals surface area (Å²) in [5, 5.41) is 3.13. The molecule has 0 fully saturated rings. The van der Waals surface area contributed by atoms with Crippen molar-refractivity contribution >= 4 is 11.8 Å². The smallest absolute Gasteiger partial charge is 0.431 e. The quantitative estimate of drug-likeness (QED) is 0.364. The van der Waals surface area contributed by atoms with Crippen LogP contribution in [-0.4, -0.2) is 0 Å². The summed E-state index contributed by atoms with van der Waals surface area (Å²) in [4.78, 5) is 1.35. The van der Waals surface area contributed by atoms with Gasteiger partial charge in [0.15, 0.2) is 0 Å². The summed E-state index contributed by atoms with van der Waals surface area (Å²) in [5.41, 5.74) is 1.42. The van der Waals surface area contributed by atoms with E-state index in [1.165, 1.54) is 10.5 Å². The molecule has 0 unspecified atom stereocenters. The van der Waals surface area contributed by atoms with Crippen molar-refractivity contribution in [1.82, 2.24) is 0 Å². The molecular formula is C9H7LiS. The monoisotopic (exact) mass is 154 g/mol. The molecule has 50 valence electrons. The van der Waals surface area contributed by atoms with Gasteiger partial charge in [-0.05, 0) is 16.9 Å². The molecule has 0 amide bonds. The second-order valence-corrected chi connectivity index (χ2v) is 3.12. The molecule has 0 spiro atoms. The Kier molecular flexibility index (Phi) is 3.32. The van der Waals surface area contributed by atoms with E-state index in [2.05, 4.69) is 35.7 Å². The van der Waals surface area contributed by atoms with E-state index in [0.717, 1.165) is 6.42 Å². The molecule has 0 bridgehead atoms. The van der Waals surface area contributed by atoms with Crippen LogP contribution in [0.3, 0.4) is 0 Å². The van der Waals surface area contributed by atoms with Gasteiger partial charge in [-0.2, -0.15) is 0 Å². The van der Waals surface area contributed by atoms with Gasteiger partial charge < -0.3 is 17.2 Å². The molecule has 1 aromatic carbocycles. The third kappa shape index (κ3) is 1.93. The van der Waals surface area contributed by atoms with Gasteiger partial charge in [0.05, 0.1) is 0 Å². The predicted octanol–water partition coefficient (Wildman–Crippen LogP) is -0.344. The molecular weight excluding hydrogens is 147 g/mol. The molecule has 0 N–H and O–H groups in total. The Morgan fingerprint density at radius 3 is 2.91 bits per heavy atom. The Morgan fingerprint density at radius 2 is 2.09 bits per heavy atom. The second-order valence-electron chi connectivity index (χ2n) is 2.24. The van der Waals surface area contributed by atoms with Crippen molar-refractivity contribution in [2.24, 2.45) is 0 Å². The van der Waals surface area contributed by atoms with E-state index < -0.39 is 0 Å². The standard InChI is InChI=1S/C9H7S.Li/c1-2-6-9-8(4-1)5-3-7-10-9;/h1-4,6H,5H2;/q-1;+1. The number of benzene rings is 1. The van der Waals surface area contributed by atoms with Crippen LogP contribution in [0.5, 0.6) is 0 Å². The van der Waals surface area contributed by atoms with Crippen molar-refractivity contribution in [3.05, 3.63) is 41.3 Å². The van der Waals surface area contributed by atoms with Gasteiger partial charge in [-0.3, -0.25) is 6.08 Å². The number of allylic oxidation sites excluding steroid dienone is 1. The number of thioether (sulfide) groups is 1. The number of hydrogen-bond acceptors (Lipinski definition) is 1. The van der Waals surface area contributed by atoms with Gasteiger partial charge in [-0.25, -0.2) is 0 Å². The number of fused-ring (bicyclic) bond motifs is 1. The Bertz CT molecular complexity index is 241. The van der Waals surface area contributed by atoms with Crippen LogP contribution in [0.15, 0.2) is 35.2 Å². The molecule has 1 aliphatic heterocycles. The summed E-state index contributed by atoms with van der Waals surface area (Å²) in [6.45, 7) is 0. The van der Waals surface area contributed by atoms with Crippen LogP contribution >= 0.6 is 11.8 Å². The van der Waals surface area contributed by atoms with E-state index in [1.807, 2.05) is 0 Å². The van der Waals surface area contributed by atoms with Gasteiger partial charge in [-0.1, -0.05) is 24.3 Å². The van der Waals surface area contributed by atoms with E-state index >= 15 is 0 Å². The first-order valence-electron chi connectivity index (χ1n) is 3.29. The molecule has 11 heavy (non-hydrogen) atoms. The molecule has 0 saturated heterocycles. The van der Waals surface area contributed by atoms with Crippen molar-refractivity contribution in [3.63, 3.8) is 0 Å². The molecule has 1 aromatic rings. The Balaban J connectivity index is 0.000000605. The molecule has 0 radical (unpaired) electrons. The van der Waals surface area contributed by atoms with Gasteiger partial charge in [0.2, 0.25) is 0 Å². The summed E-state index contributed by atoms with van der Waals surface area (Å²) in [5.74, 6) is 0. The fraction of sp³-hybridized carbons (Fsp3) is 0.111. The normalized spacial score (nSPS) is 13.5. The minimum atomic E-state index is 0. The van der Waals surface area contributed by atoms with Crippen molar-refractivity contribution < 1.29 is 18.9 Å². The molecule has 0 nitrogen and oxygen atoms in total. The number of rotatable bonds is 0. The molecule has 0 aliphatic carbocycles. The van der Waals surface area contributed by atoms with E-state index in [4.69, 9.17) is 0 Å². The van der Waals surface area contributed by atoms with E-state index in [1.54, 1.807) is 11.8 Å². The molecule has 0 saturated carbocycles.